The van der Waals surface area contributed by atoms with Crippen molar-refractivity contribution >= 4 is 31.9 Å². The molecule has 1 saturated heterocycles. The van der Waals surface area contributed by atoms with Gasteiger partial charge in [-0.2, -0.15) is 17.5 Å². The highest BCUT2D eigenvalue weighted by atomic mass is 79.9. The van der Waals surface area contributed by atoms with Crippen LogP contribution in [-0.2, 0) is 14.8 Å². The van der Waals surface area contributed by atoms with Crippen molar-refractivity contribution in [3.63, 3.8) is 0 Å². The van der Waals surface area contributed by atoms with Crippen LogP contribution in [0, 0.1) is 5.92 Å². The van der Waals surface area contributed by atoms with Gasteiger partial charge in [-0.15, -0.1) is 0 Å². The molecule has 1 aromatic rings. The Hall–Kier alpha value is -1.13. The van der Waals surface area contributed by atoms with Crippen molar-refractivity contribution in [3.8, 4) is 0 Å². The van der Waals surface area contributed by atoms with Gasteiger partial charge in [0.25, 0.3) is 0 Å². The number of nitrogens with zero attached hydrogens (tertiary/aromatic N) is 2. The smallest absolute Gasteiger partial charge is 0.341 e. The van der Waals surface area contributed by atoms with Gasteiger partial charge in [0.05, 0.1) is 17.4 Å². The molecule has 0 N–H and O–H groups in total. The van der Waals surface area contributed by atoms with E-state index in [1.807, 2.05) is 0 Å². The average Bonchev–Trinajstić information content (AvgIpc) is 2.54. The van der Waals surface area contributed by atoms with Crippen LogP contribution in [0.15, 0.2) is 33.6 Å². The molecule has 0 bridgehead atoms. The Morgan fingerprint density at radius 2 is 1.92 bits per heavy atom. The third kappa shape index (κ3) is 4.95. The second-order valence-corrected chi connectivity index (χ2v) is 8.90. The number of sulfonamides is 1. The Bertz CT molecular complexity index is 723. The van der Waals surface area contributed by atoms with E-state index in [2.05, 4.69) is 15.9 Å². The number of amides is 1. The topological polar surface area (TPSA) is 57.7 Å². The van der Waals surface area contributed by atoms with E-state index in [-0.39, 0.29) is 24.3 Å². The molecular weight excluding hydrogens is 425 g/mol. The number of likely N-dealkylation sites (tertiary alicyclic amines) is 1. The zero-order valence-electron chi connectivity index (χ0n) is 13.5. The highest BCUT2D eigenvalue weighted by Gasteiger charge is 2.42. The molecule has 1 atom stereocenters. The van der Waals surface area contributed by atoms with Crippen LogP contribution in [0.3, 0.4) is 0 Å². The quantitative estimate of drug-likeness (QED) is 0.720. The van der Waals surface area contributed by atoms with Gasteiger partial charge in [-0.25, -0.2) is 8.42 Å². The molecule has 140 valence electrons. The fourth-order valence-electron chi connectivity index (χ4n) is 2.63. The summed E-state index contributed by atoms with van der Waals surface area (Å²) in [6.45, 7) is -0.713. The Morgan fingerprint density at radius 3 is 2.48 bits per heavy atom. The van der Waals surface area contributed by atoms with Gasteiger partial charge in [-0.05, 0) is 37.1 Å². The second-order valence-electron chi connectivity index (χ2n) is 5.94. The molecule has 0 radical (unpaired) electrons. The lowest BCUT2D eigenvalue weighted by atomic mass is 9.97. The number of alkyl halides is 3. The minimum absolute atomic E-state index is 0.0119. The molecule has 1 unspecified atom stereocenters. The molecule has 2 rings (SSSR count). The Morgan fingerprint density at radius 1 is 1.32 bits per heavy atom. The third-order valence-corrected chi connectivity index (χ3v) is 6.46. The van der Waals surface area contributed by atoms with Crippen LogP contribution in [0.4, 0.5) is 13.2 Å². The number of carbonyl (C=O) groups is 1. The lowest BCUT2D eigenvalue weighted by molar-refractivity contribution is -0.188. The van der Waals surface area contributed by atoms with Gasteiger partial charge in [0.1, 0.15) is 0 Å². The first-order valence-electron chi connectivity index (χ1n) is 7.58. The van der Waals surface area contributed by atoms with Crippen LogP contribution < -0.4 is 0 Å². The maximum atomic E-state index is 12.8. The van der Waals surface area contributed by atoms with Crippen molar-refractivity contribution in [3.05, 3.63) is 28.7 Å². The van der Waals surface area contributed by atoms with Gasteiger partial charge in [-0.3, -0.25) is 4.79 Å². The van der Waals surface area contributed by atoms with E-state index in [4.69, 9.17) is 0 Å². The molecule has 10 heteroatoms. The highest BCUT2D eigenvalue weighted by Crippen LogP contribution is 2.33. The maximum Gasteiger partial charge on any atom is 0.393 e. The number of hydrogen-bond donors (Lipinski definition) is 0. The number of hydrogen-bond acceptors (Lipinski definition) is 3. The summed E-state index contributed by atoms with van der Waals surface area (Å²) < 4.78 is 65.0. The lowest BCUT2D eigenvalue weighted by Crippen LogP contribution is -2.48. The predicted octanol–water partition coefficient (Wildman–Crippen LogP) is 2.87. The molecule has 0 aliphatic carbocycles. The summed E-state index contributed by atoms with van der Waals surface area (Å²) in [5.41, 5.74) is 0. The van der Waals surface area contributed by atoms with Crippen molar-refractivity contribution in [1.82, 2.24) is 9.21 Å². The van der Waals surface area contributed by atoms with Crippen LogP contribution in [0.1, 0.15) is 12.8 Å². The van der Waals surface area contributed by atoms with Crippen LogP contribution in [0.2, 0.25) is 0 Å². The van der Waals surface area contributed by atoms with Crippen molar-refractivity contribution in [2.75, 3.05) is 26.7 Å². The summed E-state index contributed by atoms with van der Waals surface area (Å²) in [4.78, 5) is 13.4. The zero-order valence-corrected chi connectivity index (χ0v) is 15.9. The van der Waals surface area contributed by atoms with Crippen LogP contribution in [0.25, 0.3) is 0 Å². The number of piperidine rings is 1. The minimum atomic E-state index is -4.35. The molecular formula is C15H18BrF3N2O3S. The standard InChI is InChI=1S/C15H18BrF3N2O3S/c1-20(25(23,24)13-6-4-12(16)5-7-13)10-14(22)21-8-2-3-11(9-21)15(17,18)19/h4-7,11H,2-3,8-10H2,1H3. The van der Waals surface area contributed by atoms with Gasteiger partial charge in [0.2, 0.25) is 15.9 Å². The first-order chi connectivity index (χ1) is 11.5. The maximum absolute atomic E-state index is 12.8. The summed E-state index contributed by atoms with van der Waals surface area (Å²) in [6.07, 6.45) is -4.12. The molecule has 1 aromatic carbocycles. The Kier molecular flexibility index (Phi) is 6.16. The van der Waals surface area contributed by atoms with Gasteiger partial charge in [-0.1, -0.05) is 15.9 Å². The summed E-state index contributed by atoms with van der Waals surface area (Å²) >= 11 is 3.20. The number of carbonyl (C=O) groups excluding carboxylic acids is 1. The molecule has 1 amide bonds. The largest absolute Gasteiger partial charge is 0.393 e. The highest BCUT2D eigenvalue weighted by molar-refractivity contribution is 9.10. The van der Waals surface area contributed by atoms with E-state index in [0.717, 1.165) is 9.21 Å². The Labute approximate surface area is 153 Å². The number of rotatable bonds is 4. The fraction of sp³-hybridized carbons (Fsp3) is 0.533. The summed E-state index contributed by atoms with van der Waals surface area (Å²) in [5, 5.41) is 0. The molecule has 5 nitrogen and oxygen atoms in total. The first kappa shape index (κ1) is 20.2. The summed E-state index contributed by atoms with van der Waals surface area (Å²) in [5.74, 6) is -2.18. The number of halogens is 4. The average molecular weight is 443 g/mol. The van der Waals surface area contributed by atoms with E-state index in [9.17, 15) is 26.4 Å². The zero-order chi connectivity index (χ0) is 18.8. The SMILES string of the molecule is CN(CC(=O)N1CCCC(C(F)(F)F)C1)S(=O)(=O)c1ccc(Br)cc1. The lowest BCUT2D eigenvalue weighted by Gasteiger charge is -2.34. The molecule has 25 heavy (non-hydrogen) atoms. The minimum Gasteiger partial charge on any atom is -0.341 e. The van der Waals surface area contributed by atoms with Crippen LogP contribution in [-0.4, -0.2) is 56.4 Å². The van der Waals surface area contributed by atoms with E-state index in [1.165, 1.54) is 19.2 Å². The normalized spacial score (nSPS) is 19.3. The molecule has 1 aliphatic heterocycles. The van der Waals surface area contributed by atoms with Crippen molar-refractivity contribution in [1.29, 1.82) is 0 Å². The van der Waals surface area contributed by atoms with Crippen molar-refractivity contribution in [2.24, 2.45) is 5.92 Å². The number of benzene rings is 1. The van der Waals surface area contributed by atoms with Crippen LogP contribution in [0.5, 0.6) is 0 Å². The molecule has 0 aromatic heterocycles. The van der Waals surface area contributed by atoms with Crippen molar-refractivity contribution in [2.45, 2.75) is 23.9 Å². The van der Waals surface area contributed by atoms with Gasteiger partial charge in [0.15, 0.2) is 0 Å². The van der Waals surface area contributed by atoms with E-state index in [1.54, 1.807) is 12.1 Å². The predicted molar refractivity (Wildman–Crippen MR) is 89.3 cm³/mol. The Balaban J connectivity index is 2.05. The monoisotopic (exact) mass is 442 g/mol. The second kappa shape index (κ2) is 7.63. The van der Waals surface area contributed by atoms with Crippen molar-refractivity contribution < 1.29 is 26.4 Å². The van der Waals surface area contributed by atoms with E-state index >= 15 is 0 Å². The summed E-state index contributed by atoms with van der Waals surface area (Å²) in [7, 11) is -2.65. The number of likely N-dealkylation sites (N-methyl/N-ethyl adjacent to an activating group) is 1. The molecule has 0 spiro atoms. The molecule has 1 heterocycles. The fourth-order valence-corrected chi connectivity index (χ4v) is 4.02. The molecule has 1 fully saturated rings. The first-order valence-corrected chi connectivity index (χ1v) is 9.81. The summed E-state index contributed by atoms with van der Waals surface area (Å²) in [6, 6.07) is 5.89. The molecule has 0 saturated carbocycles. The van der Waals surface area contributed by atoms with Crippen LogP contribution >= 0.6 is 15.9 Å². The van der Waals surface area contributed by atoms with Gasteiger partial charge >= 0.3 is 6.18 Å². The van der Waals surface area contributed by atoms with Gasteiger partial charge < -0.3 is 4.90 Å². The molecule has 1 aliphatic rings. The van der Waals surface area contributed by atoms with E-state index < -0.39 is 41.1 Å². The van der Waals surface area contributed by atoms with Gasteiger partial charge in [0, 0.05) is 24.6 Å². The third-order valence-electron chi connectivity index (χ3n) is 4.12. The van der Waals surface area contributed by atoms with E-state index in [0.29, 0.717) is 4.47 Å².